The van der Waals surface area contributed by atoms with E-state index in [2.05, 4.69) is 22.8 Å². The number of thiophene rings is 1. The summed E-state index contributed by atoms with van der Waals surface area (Å²) >= 11 is 1.78. The van der Waals surface area contributed by atoms with Gasteiger partial charge in [-0.2, -0.15) is 0 Å². The van der Waals surface area contributed by atoms with Crippen molar-refractivity contribution >= 4 is 17.2 Å². The van der Waals surface area contributed by atoms with Crippen LogP contribution < -0.4 is 5.32 Å². The average molecular weight is 266 g/mol. The van der Waals surface area contributed by atoms with E-state index in [-0.39, 0.29) is 11.9 Å². The summed E-state index contributed by atoms with van der Waals surface area (Å²) in [5, 5.41) is 5.62. The quantitative estimate of drug-likeness (QED) is 0.858. The molecule has 1 aromatic heterocycles. The Morgan fingerprint density at radius 1 is 1.61 bits per heavy atom. The molecule has 1 amide bonds. The molecular formula is C14H22N2OS. The zero-order chi connectivity index (χ0) is 13.1. The van der Waals surface area contributed by atoms with Gasteiger partial charge in [0.15, 0.2) is 0 Å². The first kappa shape index (κ1) is 13.6. The van der Waals surface area contributed by atoms with E-state index in [0.717, 1.165) is 6.54 Å². The Morgan fingerprint density at radius 3 is 2.83 bits per heavy atom. The van der Waals surface area contributed by atoms with Gasteiger partial charge in [-0.05, 0) is 44.1 Å². The summed E-state index contributed by atoms with van der Waals surface area (Å²) in [6, 6.07) is 4.50. The normalized spacial score (nSPS) is 18.4. The van der Waals surface area contributed by atoms with E-state index in [1.54, 1.807) is 16.2 Å². The van der Waals surface area contributed by atoms with Crippen molar-refractivity contribution in [1.29, 1.82) is 0 Å². The van der Waals surface area contributed by atoms with E-state index in [0.29, 0.717) is 12.0 Å². The summed E-state index contributed by atoms with van der Waals surface area (Å²) in [6.45, 7) is 4.73. The first-order valence-electron chi connectivity index (χ1n) is 6.68. The highest BCUT2D eigenvalue weighted by molar-refractivity contribution is 7.10. The Labute approximate surface area is 113 Å². The molecule has 0 radical (unpaired) electrons. The van der Waals surface area contributed by atoms with Gasteiger partial charge in [0.05, 0.1) is 6.04 Å². The van der Waals surface area contributed by atoms with E-state index < -0.39 is 0 Å². The van der Waals surface area contributed by atoms with Crippen LogP contribution in [0.2, 0.25) is 0 Å². The van der Waals surface area contributed by atoms with Crippen LogP contribution in [-0.4, -0.2) is 30.4 Å². The van der Waals surface area contributed by atoms with E-state index in [1.165, 1.54) is 17.7 Å². The maximum absolute atomic E-state index is 12.1. The summed E-state index contributed by atoms with van der Waals surface area (Å²) in [5.74, 6) is 0.894. The van der Waals surface area contributed by atoms with Crippen molar-refractivity contribution in [2.45, 2.75) is 38.8 Å². The number of hydrogen-bond donors (Lipinski definition) is 1. The lowest BCUT2D eigenvalue weighted by Crippen LogP contribution is -2.44. The molecule has 0 saturated heterocycles. The van der Waals surface area contributed by atoms with Gasteiger partial charge >= 0.3 is 0 Å². The molecule has 1 heterocycles. The topological polar surface area (TPSA) is 32.3 Å². The van der Waals surface area contributed by atoms with E-state index in [1.807, 2.05) is 20.9 Å². The van der Waals surface area contributed by atoms with Crippen LogP contribution in [0.15, 0.2) is 17.5 Å². The summed E-state index contributed by atoms with van der Waals surface area (Å²) in [5.41, 5.74) is 0. The van der Waals surface area contributed by atoms with Crippen molar-refractivity contribution in [1.82, 2.24) is 10.2 Å². The highest BCUT2D eigenvalue weighted by Crippen LogP contribution is 2.42. The molecule has 0 bridgehead atoms. The van der Waals surface area contributed by atoms with Crippen molar-refractivity contribution in [3.8, 4) is 0 Å². The Morgan fingerprint density at radius 2 is 2.33 bits per heavy atom. The summed E-state index contributed by atoms with van der Waals surface area (Å²) in [4.78, 5) is 15.2. The van der Waals surface area contributed by atoms with Crippen molar-refractivity contribution in [2.24, 2.45) is 5.92 Å². The zero-order valence-electron chi connectivity index (χ0n) is 11.3. The fraction of sp³-hybridized carbons (Fsp3) is 0.643. The third-order valence-electron chi connectivity index (χ3n) is 3.59. The van der Waals surface area contributed by atoms with Gasteiger partial charge in [-0.15, -0.1) is 11.3 Å². The third kappa shape index (κ3) is 3.12. The number of carbonyl (C=O) groups excluding carboxylic acids is 1. The number of rotatable bonds is 6. The smallest absolute Gasteiger partial charge is 0.239 e. The minimum absolute atomic E-state index is 0.109. The van der Waals surface area contributed by atoms with Gasteiger partial charge in [-0.25, -0.2) is 0 Å². The van der Waals surface area contributed by atoms with E-state index in [4.69, 9.17) is 0 Å². The predicted molar refractivity (Wildman–Crippen MR) is 75.7 cm³/mol. The summed E-state index contributed by atoms with van der Waals surface area (Å²) < 4.78 is 0. The van der Waals surface area contributed by atoms with Crippen LogP contribution in [0.1, 0.15) is 37.6 Å². The SMILES string of the molecule is CCN(C)C(=O)C(C)NC(c1cccs1)C1CC1. The molecule has 3 nitrogen and oxygen atoms in total. The van der Waals surface area contributed by atoms with Crippen LogP contribution in [0.25, 0.3) is 0 Å². The third-order valence-corrected chi connectivity index (χ3v) is 4.55. The van der Waals surface area contributed by atoms with Gasteiger partial charge < -0.3 is 4.90 Å². The number of carbonyl (C=O) groups is 1. The standard InChI is InChI=1S/C14H22N2OS/c1-4-16(3)14(17)10(2)15-13(11-7-8-11)12-6-5-9-18-12/h5-6,9-11,13,15H,4,7-8H2,1-3H3. The molecule has 100 valence electrons. The molecule has 2 rings (SSSR count). The minimum Gasteiger partial charge on any atom is -0.345 e. The van der Waals surface area contributed by atoms with Gasteiger partial charge in [-0.1, -0.05) is 6.07 Å². The van der Waals surface area contributed by atoms with Gasteiger partial charge in [0.2, 0.25) is 5.91 Å². The Kier molecular flexibility index (Phi) is 4.40. The van der Waals surface area contributed by atoms with Crippen LogP contribution in [0.5, 0.6) is 0 Å². The monoisotopic (exact) mass is 266 g/mol. The Hall–Kier alpha value is -0.870. The van der Waals surface area contributed by atoms with Crippen molar-refractivity contribution in [2.75, 3.05) is 13.6 Å². The molecule has 0 aliphatic heterocycles. The second kappa shape index (κ2) is 5.85. The lowest BCUT2D eigenvalue weighted by Gasteiger charge is -2.25. The highest BCUT2D eigenvalue weighted by atomic mass is 32.1. The van der Waals surface area contributed by atoms with E-state index in [9.17, 15) is 4.79 Å². The fourth-order valence-corrected chi connectivity index (χ4v) is 3.05. The molecule has 2 unspecified atom stereocenters. The largest absolute Gasteiger partial charge is 0.345 e. The van der Waals surface area contributed by atoms with Crippen molar-refractivity contribution < 1.29 is 4.79 Å². The first-order chi connectivity index (χ1) is 8.63. The Balaban J connectivity index is 1.99. The highest BCUT2D eigenvalue weighted by Gasteiger charge is 2.34. The predicted octanol–water partition coefficient (Wildman–Crippen LogP) is 2.66. The number of hydrogen-bond acceptors (Lipinski definition) is 3. The summed E-state index contributed by atoms with van der Waals surface area (Å²) in [6.07, 6.45) is 2.56. The molecular weight excluding hydrogens is 244 g/mol. The lowest BCUT2D eigenvalue weighted by atomic mass is 10.1. The number of amides is 1. The maximum atomic E-state index is 12.1. The molecule has 0 spiro atoms. The molecule has 1 fully saturated rings. The molecule has 18 heavy (non-hydrogen) atoms. The molecule has 1 aliphatic rings. The zero-order valence-corrected chi connectivity index (χ0v) is 12.2. The lowest BCUT2D eigenvalue weighted by molar-refractivity contribution is -0.131. The van der Waals surface area contributed by atoms with Gasteiger partial charge in [0, 0.05) is 24.5 Å². The minimum atomic E-state index is -0.109. The molecule has 1 N–H and O–H groups in total. The molecule has 0 aromatic carbocycles. The number of nitrogens with zero attached hydrogens (tertiary/aromatic N) is 1. The number of nitrogens with one attached hydrogen (secondary N) is 1. The van der Waals surface area contributed by atoms with Gasteiger partial charge in [-0.3, -0.25) is 10.1 Å². The molecule has 2 atom stereocenters. The molecule has 1 aromatic rings. The fourth-order valence-electron chi connectivity index (χ4n) is 2.18. The van der Waals surface area contributed by atoms with Crippen LogP contribution in [0.4, 0.5) is 0 Å². The van der Waals surface area contributed by atoms with Crippen LogP contribution in [-0.2, 0) is 4.79 Å². The molecule has 1 saturated carbocycles. The Bertz CT molecular complexity index is 387. The van der Waals surface area contributed by atoms with Crippen LogP contribution >= 0.6 is 11.3 Å². The van der Waals surface area contributed by atoms with Crippen LogP contribution in [0, 0.1) is 5.92 Å². The van der Waals surface area contributed by atoms with Gasteiger partial charge in [0.1, 0.15) is 0 Å². The first-order valence-corrected chi connectivity index (χ1v) is 7.55. The van der Waals surface area contributed by atoms with Gasteiger partial charge in [0.25, 0.3) is 0 Å². The molecule has 1 aliphatic carbocycles. The van der Waals surface area contributed by atoms with Crippen LogP contribution in [0.3, 0.4) is 0 Å². The average Bonchev–Trinajstić information content (AvgIpc) is 3.08. The molecule has 4 heteroatoms. The second-order valence-corrected chi connectivity index (χ2v) is 6.05. The van der Waals surface area contributed by atoms with Crippen molar-refractivity contribution in [3.63, 3.8) is 0 Å². The maximum Gasteiger partial charge on any atom is 0.239 e. The second-order valence-electron chi connectivity index (χ2n) is 5.07. The summed E-state index contributed by atoms with van der Waals surface area (Å²) in [7, 11) is 1.86. The van der Waals surface area contributed by atoms with Crippen molar-refractivity contribution in [3.05, 3.63) is 22.4 Å². The van der Waals surface area contributed by atoms with E-state index >= 15 is 0 Å². The number of likely N-dealkylation sites (N-methyl/N-ethyl adjacent to an activating group) is 1.